The number of pyridine rings is 1. The van der Waals surface area contributed by atoms with E-state index in [9.17, 15) is 4.79 Å². The maximum absolute atomic E-state index is 12.1. The van der Waals surface area contributed by atoms with E-state index in [1.54, 1.807) is 24.3 Å². The molecule has 1 aliphatic rings. The van der Waals surface area contributed by atoms with E-state index >= 15 is 0 Å². The highest BCUT2D eigenvalue weighted by Gasteiger charge is 2.24. The van der Waals surface area contributed by atoms with Crippen molar-refractivity contribution in [1.82, 2.24) is 15.2 Å². The molecule has 2 heterocycles. The molecule has 5 nitrogen and oxygen atoms in total. The lowest BCUT2D eigenvalue weighted by molar-refractivity contribution is 0.0838. The standard InChI is InChI=1S/C14H21N3O2/c1-11(13-4-3-9-19-13)16-14(18)17(2)10-12-5-7-15-8-6-12/h5-8,11,13H,3-4,9-10H2,1-2H3,(H,16,18). The van der Waals surface area contributed by atoms with Crippen molar-refractivity contribution in [2.45, 2.75) is 38.5 Å². The molecule has 1 N–H and O–H groups in total. The number of ether oxygens (including phenoxy) is 1. The van der Waals surface area contributed by atoms with Gasteiger partial charge >= 0.3 is 6.03 Å². The summed E-state index contributed by atoms with van der Waals surface area (Å²) in [6, 6.07) is 3.80. The van der Waals surface area contributed by atoms with Crippen molar-refractivity contribution in [3.8, 4) is 0 Å². The highest BCUT2D eigenvalue weighted by atomic mass is 16.5. The molecule has 0 radical (unpaired) electrons. The van der Waals surface area contributed by atoms with Gasteiger partial charge in [0.05, 0.1) is 12.1 Å². The maximum Gasteiger partial charge on any atom is 0.317 e. The fraction of sp³-hybridized carbons (Fsp3) is 0.571. The second-order valence-electron chi connectivity index (χ2n) is 5.00. The van der Waals surface area contributed by atoms with E-state index in [1.807, 2.05) is 19.1 Å². The van der Waals surface area contributed by atoms with Crippen LogP contribution in [0.3, 0.4) is 0 Å². The van der Waals surface area contributed by atoms with Crippen LogP contribution in [0.15, 0.2) is 24.5 Å². The first-order chi connectivity index (χ1) is 9.16. The van der Waals surface area contributed by atoms with Gasteiger partial charge in [-0.1, -0.05) is 0 Å². The Morgan fingerprint density at radius 2 is 2.32 bits per heavy atom. The predicted octanol–water partition coefficient (Wildman–Crippen LogP) is 1.79. The Labute approximate surface area is 114 Å². The summed E-state index contributed by atoms with van der Waals surface area (Å²) in [5, 5.41) is 2.99. The number of hydrogen-bond donors (Lipinski definition) is 1. The number of nitrogens with one attached hydrogen (secondary N) is 1. The zero-order chi connectivity index (χ0) is 13.7. The van der Waals surface area contributed by atoms with Crippen LogP contribution in [0, 0.1) is 0 Å². The Bertz CT molecular complexity index is 404. The summed E-state index contributed by atoms with van der Waals surface area (Å²) in [6.07, 6.45) is 5.72. The molecule has 19 heavy (non-hydrogen) atoms. The molecule has 1 fully saturated rings. The van der Waals surface area contributed by atoms with Crippen LogP contribution in [0.5, 0.6) is 0 Å². The van der Waals surface area contributed by atoms with Gasteiger partial charge in [-0.05, 0) is 37.5 Å². The third kappa shape index (κ3) is 3.92. The topological polar surface area (TPSA) is 54.5 Å². The van der Waals surface area contributed by atoms with Gasteiger partial charge in [0, 0.05) is 32.6 Å². The van der Waals surface area contributed by atoms with Crippen LogP contribution < -0.4 is 5.32 Å². The van der Waals surface area contributed by atoms with E-state index in [2.05, 4.69) is 10.3 Å². The minimum atomic E-state index is -0.0696. The minimum absolute atomic E-state index is 0.0508. The number of rotatable bonds is 4. The van der Waals surface area contributed by atoms with Crippen molar-refractivity contribution < 1.29 is 9.53 Å². The fourth-order valence-electron chi connectivity index (χ4n) is 2.23. The lowest BCUT2D eigenvalue weighted by Crippen LogP contribution is -2.46. The van der Waals surface area contributed by atoms with E-state index in [4.69, 9.17) is 4.74 Å². The van der Waals surface area contributed by atoms with Crippen LogP contribution in [0.4, 0.5) is 4.79 Å². The molecule has 0 bridgehead atoms. The summed E-state index contributed by atoms with van der Waals surface area (Å²) in [5.41, 5.74) is 1.07. The normalized spacial score (nSPS) is 20.0. The average molecular weight is 263 g/mol. The van der Waals surface area contributed by atoms with Crippen LogP contribution in [-0.2, 0) is 11.3 Å². The third-order valence-electron chi connectivity index (χ3n) is 3.39. The van der Waals surface area contributed by atoms with Gasteiger partial charge < -0.3 is 15.0 Å². The Morgan fingerprint density at radius 1 is 1.58 bits per heavy atom. The van der Waals surface area contributed by atoms with Crippen molar-refractivity contribution in [3.63, 3.8) is 0 Å². The molecule has 1 aliphatic heterocycles. The number of nitrogens with zero attached hydrogens (tertiary/aromatic N) is 2. The number of aromatic nitrogens is 1. The van der Waals surface area contributed by atoms with Gasteiger partial charge in [-0.25, -0.2) is 4.79 Å². The zero-order valence-corrected chi connectivity index (χ0v) is 11.5. The van der Waals surface area contributed by atoms with E-state index in [1.165, 1.54) is 0 Å². The lowest BCUT2D eigenvalue weighted by atomic mass is 10.1. The molecule has 0 spiro atoms. The number of hydrogen-bond acceptors (Lipinski definition) is 3. The van der Waals surface area contributed by atoms with Crippen LogP contribution in [-0.4, -0.2) is 41.7 Å². The summed E-state index contributed by atoms with van der Waals surface area (Å²) in [6.45, 7) is 3.37. The highest BCUT2D eigenvalue weighted by molar-refractivity contribution is 5.74. The first kappa shape index (κ1) is 13.8. The molecular formula is C14H21N3O2. The lowest BCUT2D eigenvalue weighted by Gasteiger charge is -2.24. The highest BCUT2D eigenvalue weighted by Crippen LogP contribution is 2.15. The Kier molecular flexibility index (Phi) is 4.74. The van der Waals surface area contributed by atoms with E-state index in [0.29, 0.717) is 6.54 Å². The molecule has 2 amide bonds. The molecule has 5 heteroatoms. The fourth-order valence-corrected chi connectivity index (χ4v) is 2.23. The maximum atomic E-state index is 12.1. The quantitative estimate of drug-likeness (QED) is 0.901. The molecule has 2 rings (SSSR count). The van der Waals surface area contributed by atoms with Gasteiger partial charge in [0.1, 0.15) is 0 Å². The molecular weight excluding hydrogens is 242 g/mol. The van der Waals surface area contributed by atoms with Crippen molar-refractivity contribution in [3.05, 3.63) is 30.1 Å². The average Bonchev–Trinajstić information content (AvgIpc) is 2.93. The number of carbonyl (C=O) groups excluding carboxylic acids is 1. The molecule has 1 saturated heterocycles. The summed E-state index contributed by atoms with van der Waals surface area (Å²) < 4.78 is 5.57. The largest absolute Gasteiger partial charge is 0.376 e. The Morgan fingerprint density at radius 3 is 2.95 bits per heavy atom. The van der Waals surface area contributed by atoms with Gasteiger partial charge in [-0.2, -0.15) is 0 Å². The minimum Gasteiger partial charge on any atom is -0.376 e. The van der Waals surface area contributed by atoms with E-state index in [-0.39, 0.29) is 18.2 Å². The Hall–Kier alpha value is -1.62. The molecule has 0 aromatic carbocycles. The van der Waals surface area contributed by atoms with Gasteiger partial charge in [0.15, 0.2) is 0 Å². The monoisotopic (exact) mass is 263 g/mol. The van der Waals surface area contributed by atoms with Crippen molar-refractivity contribution in [1.29, 1.82) is 0 Å². The summed E-state index contributed by atoms with van der Waals surface area (Å²) in [5.74, 6) is 0. The van der Waals surface area contributed by atoms with E-state index < -0.39 is 0 Å². The summed E-state index contributed by atoms with van der Waals surface area (Å²) in [4.78, 5) is 17.7. The van der Waals surface area contributed by atoms with Crippen LogP contribution in [0.1, 0.15) is 25.3 Å². The van der Waals surface area contributed by atoms with Gasteiger partial charge in [-0.15, -0.1) is 0 Å². The second kappa shape index (κ2) is 6.52. The van der Waals surface area contributed by atoms with Gasteiger partial charge in [-0.3, -0.25) is 4.98 Å². The van der Waals surface area contributed by atoms with E-state index in [0.717, 1.165) is 25.0 Å². The predicted molar refractivity (Wildman–Crippen MR) is 72.7 cm³/mol. The van der Waals surface area contributed by atoms with Gasteiger partial charge in [0.2, 0.25) is 0 Å². The smallest absolute Gasteiger partial charge is 0.317 e. The third-order valence-corrected chi connectivity index (χ3v) is 3.39. The SMILES string of the molecule is CC(NC(=O)N(C)Cc1ccncc1)C1CCCO1. The molecule has 1 aromatic heterocycles. The van der Waals surface area contributed by atoms with Crippen LogP contribution >= 0.6 is 0 Å². The molecule has 1 aromatic rings. The molecule has 0 aliphatic carbocycles. The summed E-state index contributed by atoms with van der Waals surface area (Å²) >= 11 is 0. The van der Waals surface area contributed by atoms with Crippen molar-refractivity contribution in [2.75, 3.05) is 13.7 Å². The first-order valence-electron chi connectivity index (χ1n) is 6.69. The van der Waals surface area contributed by atoms with Crippen LogP contribution in [0.25, 0.3) is 0 Å². The van der Waals surface area contributed by atoms with Crippen molar-refractivity contribution >= 4 is 6.03 Å². The molecule has 2 unspecified atom stereocenters. The first-order valence-corrected chi connectivity index (χ1v) is 6.69. The summed E-state index contributed by atoms with van der Waals surface area (Å²) in [7, 11) is 1.79. The van der Waals surface area contributed by atoms with Crippen LogP contribution in [0.2, 0.25) is 0 Å². The zero-order valence-electron chi connectivity index (χ0n) is 11.5. The molecule has 2 atom stereocenters. The Balaban J connectivity index is 1.82. The number of urea groups is 1. The number of amides is 2. The second-order valence-corrected chi connectivity index (χ2v) is 5.00. The molecule has 104 valence electrons. The van der Waals surface area contributed by atoms with Crippen molar-refractivity contribution in [2.24, 2.45) is 0 Å². The number of carbonyl (C=O) groups is 1. The molecule has 0 saturated carbocycles. The van der Waals surface area contributed by atoms with Gasteiger partial charge in [0.25, 0.3) is 0 Å².